The molecule has 2 aliphatic heterocycles. The normalized spacial score (nSPS) is 23.4. The van der Waals surface area contributed by atoms with E-state index < -0.39 is 0 Å². The Kier molecular flexibility index (Phi) is 5.69. The number of pyridine rings is 1. The molecule has 5 nitrogen and oxygen atoms in total. The summed E-state index contributed by atoms with van der Waals surface area (Å²) in [6.07, 6.45) is 4.12. The van der Waals surface area contributed by atoms with E-state index in [0.29, 0.717) is 5.11 Å². The minimum absolute atomic E-state index is 0.101. The van der Waals surface area contributed by atoms with E-state index in [-0.39, 0.29) is 18.2 Å². The van der Waals surface area contributed by atoms with E-state index in [9.17, 15) is 0 Å². The van der Waals surface area contributed by atoms with Crippen LogP contribution in [0.4, 0.5) is 0 Å². The lowest BCUT2D eigenvalue weighted by molar-refractivity contribution is 0.0818. The predicted octanol–water partition coefficient (Wildman–Crippen LogP) is 5.45. The van der Waals surface area contributed by atoms with E-state index in [2.05, 4.69) is 15.2 Å². The van der Waals surface area contributed by atoms with Gasteiger partial charge in [0, 0.05) is 29.9 Å². The van der Waals surface area contributed by atoms with E-state index in [4.69, 9.17) is 33.0 Å². The molecule has 0 aliphatic carbocycles. The van der Waals surface area contributed by atoms with Crippen LogP contribution in [0.15, 0.2) is 59.1 Å². The number of nitrogens with zero attached hydrogens (tertiary/aromatic N) is 2. The topological polar surface area (TPSA) is 50.5 Å². The Morgan fingerprint density at radius 2 is 2.13 bits per heavy atom. The first kappa shape index (κ1) is 20.5. The van der Waals surface area contributed by atoms with E-state index in [1.807, 2.05) is 61.7 Å². The van der Waals surface area contributed by atoms with E-state index in [1.165, 1.54) is 0 Å². The number of benzene rings is 1. The molecule has 2 fully saturated rings. The van der Waals surface area contributed by atoms with Crippen LogP contribution in [0.25, 0.3) is 11.3 Å². The summed E-state index contributed by atoms with van der Waals surface area (Å²) >= 11 is 12.1. The van der Waals surface area contributed by atoms with Gasteiger partial charge in [-0.1, -0.05) is 29.8 Å². The molecule has 7 heteroatoms. The van der Waals surface area contributed by atoms with Crippen LogP contribution in [-0.2, 0) is 4.74 Å². The molecule has 0 unspecified atom stereocenters. The molecule has 3 aromatic rings. The second-order valence-electron chi connectivity index (χ2n) is 8.08. The SMILES string of the molecule is Cc1ccc(-c2ccc([C@@H]3[C@@H](c4ccccn4)NC(=S)N3C[C@H]3CCCO3)o2)cc1Cl. The molecule has 5 rings (SSSR count). The third-order valence-electron chi connectivity index (χ3n) is 6.00. The van der Waals surface area contributed by atoms with Gasteiger partial charge < -0.3 is 19.4 Å². The fourth-order valence-electron chi connectivity index (χ4n) is 4.33. The molecule has 2 saturated heterocycles. The van der Waals surface area contributed by atoms with Crippen molar-refractivity contribution in [1.29, 1.82) is 0 Å². The molecule has 0 amide bonds. The molecule has 2 aromatic heterocycles. The Morgan fingerprint density at radius 3 is 2.87 bits per heavy atom. The highest BCUT2D eigenvalue weighted by Gasteiger charge is 2.42. The summed E-state index contributed by atoms with van der Waals surface area (Å²) < 4.78 is 12.3. The molecule has 0 saturated carbocycles. The van der Waals surface area contributed by atoms with Gasteiger partial charge >= 0.3 is 0 Å². The van der Waals surface area contributed by atoms with Gasteiger partial charge in [-0.05, 0) is 67.9 Å². The maximum atomic E-state index is 6.37. The van der Waals surface area contributed by atoms with Crippen molar-refractivity contribution < 1.29 is 9.15 Å². The van der Waals surface area contributed by atoms with Gasteiger partial charge in [0.25, 0.3) is 0 Å². The first-order valence-corrected chi connectivity index (χ1v) is 11.3. The van der Waals surface area contributed by atoms with Gasteiger partial charge in [0.05, 0.1) is 17.8 Å². The number of ether oxygens (including phenoxy) is 1. The average Bonchev–Trinajstić information content (AvgIpc) is 3.52. The zero-order chi connectivity index (χ0) is 21.4. The van der Waals surface area contributed by atoms with Crippen LogP contribution in [0.1, 0.15) is 41.9 Å². The number of aromatic nitrogens is 1. The van der Waals surface area contributed by atoms with E-state index in [0.717, 1.165) is 59.4 Å². The lowest BCUT2D eigenvalue weighted by atomic mass is 10.0. The largest absolute Gasteiger partial charge is 0.459 e. The standard InChI is InChI=1S/C24H24ClN3O2S/c1-15-7-8-16(13-18(15)25)20-9-10-21(30-20)23-22(19-6-2-3-11-26-19)27-24(31)28(23)14-17-5-4-12-29-17/h2-3,6-11,13,17,22-23H,4-5,12,14H2,1H3,(H,27,31)/t17-,22-,23-/m1/s1. The summed E-state index contributed by atoms with van der Waals surface area (Å²) in [7, 11) is 0. The molecular formula is C24H24ClN3O2S. The first-order valence-electron chi connectivity index (χ1n) is 10.6. The van der Waals surface area contributed by atoms with Crippen LogP contribution in [0, 0.1) is 6.92 Å². The molecule has 3 atom stereocenters. The van der Waals surface area contributed by atoms with Crippen LogP contribution in [0.2, 0.25) is 5.02 Å². The lowest BCUT2D eigenvalue weighted by Crippen LogP contribution is -2.36. The number of nitrogens with one attached hydrogen (secondary N) is 1. The fraction of sp³-hybridized carbons (Fsp3) is 0.333. The maximum absolute atomic E-state index is 6.37. The minimum atomic E-state index is -0.110. The van der Waals surface area contributed by atoms with Crippen LogP contribution >= 0.6 is 23.8 Å². The zero-order valence-corrected chi connectivity index (χ0v) is 18.8. The Bertz CT molecular complexity index is 1080. The van der Waals surface area contributed by atoms with Crippen LogP contribution < -0.4 is 5.32 Å². The van der Waals surface area contributed by atoms with Crippen LogP contribution in [-0.4, -0.2) is 34.3 Å². The molecule has 160 valence electrons. The molecule has 0 bridgehead atoms. The Labute approximate surface area is 192 Å². The molecule has 2 aliphatic rings. The van der Waals surface area contributed by atoms with Crippen molar-refractivity contribution in [3.8, 4) is 11.3 Å². The highest BCUT2D eigenvalue weighted by Crippen LogP contribution is 2.41. The predicted molar refractivity (Wildman–Crippen MR) is 125 cm³/mol. The zero-order valence-electron chi connectivity index (χ0n) is 17.3. The molecule has 0 radical (unpaired) electrons. The van der Waals surface area contributed by atoms with E-state index >= 15 is 0 Å². The summed E-state index contributed by atoms with van der Waals surface area (Å²) in [5, 5.41) is 4.90. The van der Waals surface area contributed by atoms with Gasteiger partial charge in [-0.2, -0.15) is 0 Å². The maximum Gasteiger partial charge on any atom is 0.170 e. The molecule has 4 heterocycles. The first-order chi connectivity index (χ1) is 15.1. The molecule has 1 N–H and O–H groups in total. The van der Waals surface area contributed by atoms with Gasteiger partial charge in [-0.3, -0.25) is 4.98 Å². The number of furan rings is 1. The second-order valence-corrected chi connectivity index (χ2v) is 8.87. The highest BCUT2D eigenvalue weighted by molar-refractivity contribution is 7.80. The van der Waals surface area contributed by atoms with Gasteiger partial charge in [0.1, 0.15) is 17.6 Å². The van der Waals surface area contributed by atoms with Crippen molar-refractivity contribution in [1.82, 2.24) is 15.2 Å². The van der Waals surface area contributed by atoms with Crippen LogP contribution in [0.3, 0.4) is 0 Å². The minimum Gasteiger partial charge on any atom is -0.459 e. The number of halogens is 1. The monoisotopic (exact) mass is 453 g/mol. The number of hydrogen-bond donors (Lipinski definition) is 1. The summed E-state index contributed by atoms with van der Waals surface area (Å²) in [5.74, 6) is 1.62. The van der Waals surface area contributed by atoms with Crippen molar-refractivity contribution in [2.75, 3.05) is 13.2 Å². The Hall–Kier alpha value is -2.41. The van der Waals surface area contributed by atoms with Crippen molar-refractivity contribution >= 4 is 28.9 Å². The number of aryl methyl sites for hydroxylation is 1. The van der Waals surface area contributed by atoms with Crippen LogP contribution in [0.5, 0.6) is 0 Å². The van der Waals surface area contributed by atoms with Gasteiger partial charge in [0.2, 0.25) is 0 Å². The summed E-state index contributed by atoms with van der Waals surface area (Å²) in [6.45, 7) is 3.53. The molecular weight excluding hydrogens is 430 g/mol. The third kappa shape index (κ3) is 4.07. The third-order valence-corrected chi connectivity index (χ3v) is 6.76. The summed E-state index contributed by atoms with van der Waals surface area (Å²) in [6, 6.07) is 15.7. The molecule has 31 heavy (non-hydrogen) atoms. The molecule has 0 spiro atoms. The number of rotatable bonds is 5. The smallest absolute Gasteiger partial charge is 0.170 e. The lowest BCUT2D eigenvalue weighted by Gasteiger charge is -2.28. The van der Waals surface area contributed by atoms with Crippen molar-refractivity contribution in [3.05, 3.63) is 76.8 Å². The summed E-state index contributed by atoms with van der Waals surface area (Å²) in [4.78, 5) is 6.77. The number of hydrogen-bond acceptors (Lipinski definition) is 4. The Balaban J connectivity index is 1.50. The van der Waals surface area contributed by atoms with Gasteiger partial charge in [-0.15, -0.1) is 0 Å². The average molecular weight is 454 g/mol. The second kappa shape index (κ2) is 8.61. The van der Waals surface area contributed by atoms with Crippen molar-refractivity contribution in [2.24, 2.45) is 0 Å². The van der Waals surface area contributed by atoms with Crippen molar-refractivity contribution in [3.63, 3.8) is 0 Å². The van der Waals surface area contributed by atoms with Gasteiger partial charge in [-0.25, -0.2) is 0 Å². The quantitative estimate of drug-likeness (QED) is 0.518. The Morgan fingerprint density at radius 1 is 1.23 bits per heavy atom. The van der Waals surface area contributed by atoms with Gasteiger partial charge in [0.15, 0.2) is 5.11 Å². The fourth-order valence-corrected chi connectivity index (χ4v) is 4.83. The van der Waals surface area contributed by atoms with E-state index in [1.54, 1.807) is 0 Å². The number of thiocarbonyl (C=S) groups is 1. The summed E-state index contributed by atoms with van der Waals surface area (Å²) in [5.41, 5.74) is 2.93. The highest BCUT2D eigenvalue weighted by atomic mass is 35.5. The molecule has 1 aromatic carbocycles. The van der Waals surface area contributed by atoms with Crippen molar-refractivity contribution in [2.45, 2.75) is 38.0 Å².